The van der Waals surface area contributed by atoms with Crippen LogP contribution in [0.4, 0.5) is 0 Å². The molecule has 3 nitrogen and oxygen atoms in total. The van der Waals surface area contributed by atoms with Crippen molar-refractivity contribution in [1.29, 1.82) is 0 Å². The second kappa shape index (κ2) is 4.51. The van der Waals surface area contributed by atoms with Gasteiger partial charge in [0.05, 0.1) is 0 Å². The molecule has 1 aromatic heterocycles. The van der Waals surface area contributed by atoms with Gasteiger partial charge in [-0.05, 0) is 36.8 Å². The van der Waals surface area contributed by atoms with Gasteiger partial charge >= 0.3 is 0 Å². The Morgan fingerprint density at radius 2 is 1.93 bits per heavy atom. The van der Waals surface area contributed by atoms with Crippen LogP contribution < -0.4 is 5.73 Å². The summed E-state index contributed by atoms with van der Waals surface area (Å²) in [5.41, 5.74) is 7.06. The fourth-order valence-corrected chi connectivity index (χ4v) is 2.43. The molecule has 1 aromatic rings. The number of aromatic nitrogens is 2. The van der Waals surface area contributed by atoms with E-state index in [0.29, 0.717) is 11.8 Å². The molecule has 0 aromatic carbocycles. The van der Waals surface area contributed by atoms with Gasteiger partial charge in [-0.25, -0.2) is 9.97 Å². The van der Waals surface area contributed by atoms with E-state index in [0.717, 1.165) is 6.54 Å². The normalized spacial score (nSPS) is 27.5. The minimum atomic E-state index is 0.593. The third-order valence-corrected chi connectivity index (χ3v) is 3.22. The van der Waals surface area contributed by atoms with E-state index in [-0.39, 0.29) is 0 Å². The van der Waals surface area contributed by atoms with Crippen LogP contribution in [0.25, 0.3) is 0 Å². The molecule has 0 saturated heterocycles. The zero-order valence-corrected chi connectivity index (χ0v) is 8.39. The molecule has 14 heavy (non-hydrogen) atoms. The summed E-state index contributed by atoms with van der Waals surface area (Å²) in [6, 6.07) is 0. The van der Waals surface area contributed by atoms with Crippen molar-refractivity contribution in [3.8, 4) is 0 Å². The molecule has 2 atom stereocenters. The second-order valence-corrected chi connectivity index (χ2v) is 4.06. The van der Waals surface area contributed by atoms with Gasteiger partial charge in [-0.2, -0.15) is 0 Å². The molecule has 0 amide bonds. The van der Waals surface area contributed by atoms with E-state index in [2.05, 4.69) is 9.97 Å². The first kappa shape index (κ1) is 9.59. The van der Waals surface area contributed by atoms with Crippen molar-refractivity contribution in [3.63, 3.8) is 0 Å². The van der Waals surface area contributed by atoms with Crippen LogP contribution in [0.1, 0.15) is 37.2 Å². The molecule has 1 fully saturated rings. The van der Waals surface area contributed by atoms with Gasteiger partial charge in [-0.3, -0.25) is 0 Å². The maximum atomic E-state index is 5.79. The molecule has 0 aliphatic heterocycles. The van der Waals surface area contributed by atoms with E-state index in [1.54, 1.807) is 6.33 Å². The standard InChI is InChI=1S/C11H17N3/c12-5-9-3-1-2-4-11(9)10-6-13-8-14-7-10/h6-9,11H,1-5,12H2. The Balaban J connectivity index is 2.15. The van der Waals surface area contributed by atoms with Gasteiger partial charge in [0.1, 0.15) is 6.33 Å². The van der Waals surface area contributed by atoms with Crippen LogP contribution >= 0.6 is 0 Å². The maximum absolute atomic E-state index is 5.79. The van der Waals surface area contributed by atoms with Gasteiger partial charge < -0.3 is 5.73 Å². The monoisotopic (exact) mass is 191 g/mol. The fraction of sp³-hybridized carbons (Fsp3) is 0.636. The summed E-state index contributed by atoms with van der Waals surface area (Å²) in [6.07, 6.45) is 10.6. The number of hydrogen-bond donors (Lipinski definition) is 1. The van der Waals surface area contributed by atoms with E-state index in [4.69, 9.17) is 5.73 Å². The largest absolute Gasteiger partial charge is 0.330 e. The van der Waals surface area contributed by atoms with E-state index < -0.39 is 0 Å². The average Bonchev–Trinajstić information content (AvgIpc) is 2.30. The average molecular weight is 191 g/mol. The summed E-state index contributed by atoms with van der Waals surface area (Å²) in [6.45, 7) is 0.791. The summed E-state index contributed by atoms with van der Waals surface area (Å²) >= 11 is 0. The van der Waals surface area contributed by atoms with E-state index in [1.807, 2.05) is 12.4 Å². The molecular weight excluding hydrogens is 174 g/mol. The van der Waals surface area contributed by atoms with Crippen molar-refractivity contribution in [1.82, 2.24) is 9.97 Å². The smallest absolute Gasteiger partial charge is 0.115 e. The van der Waals surface area contributed by atoms with Crippen molar-refractivity contribution < 1.29 is 0 Å². The van der Waals surface area contributed by atoms with Gasteiger partial charge in [-0.15, -0.1) is 0 Å². The highest BCUT2D eigenvalue weighted by Gasteiger charge is 2.25. The molecule has 1 heterocycles. The molecule has 0 radical (unpaired) electrons. The zero-order chi connectivity index (χ0) is 9.80. The lowest BCUT2D eigenvalue weighted by atomic mass is 9.76. The van der Waals surface area contributed by atoms with Crippen LogP contribution in [-0.4, -0.2) is 16.5 Å². The van der Waals surface area contributed by atoms with Crippen LogP contribution in [0.5, 0.6) is 0 Å². The summed E-state index contributed by atoms with van der Waals surface area (Å²) in [7, 11) is 0. The molecule has 0 bridgehead atoms. The lowest BCUT2D eigenvalue weighted by Gasteiger charge is -2.30. The molecule has 2 rings (SSSR count). The number of nitrogens with zero attached hydrogens (tertiary/aromatic N) is 2. The first-order valence-electron chi connectivity index (χ1n) is 5.37. The van der Waals surface area contributed by atoms with Gasteiger partial charge in [0.2, 0.25) is 0 Å². The van der Waals surface area contributed by atoms with Crippen LogP contribution in [0, 0.1) is 5.92 Å². The molecule has 1 aliphatic carbocycles. The van der Waals surface area contributed by atoms with E-state index >= 15 is 0 Å². The van der Waals surface area contributed by atoms with Crippen LogP contribution in [-0.2, 0) is 0 Å². The first-order chi connectivity index (χ1) is 6.92. The Kier molecular flexibility index (Phi) is 3.09. The molecule has 76 valence electrons. The van der Waals surface area contributed by atoms with Crippen molar-refractivity contribution >= 4 is 0 Å². The molecule has 3 heteroatoms. The SMILES string of the molecule is NCC1CCCCC1c1cncnc1. The Morgan fingerprint density at radius 3 is 2.64 bits per heavy atom. The van der Waals surface area contributed by atoms with Gasteiger partial charge in [0, 0.05) is 12.4 Å². The number of nitrogens with two attached hydrogens (primary N) is 1. The highest BCUT2D eigenvalue weighted by molar-refractivity contribution is 5.12. The minimum Gasteiger partial charge on any atom is -0.330 e. The Hall–Kier alpha value is -0.960. The van der Waals surface area contributed by atoms with Crippen molar-refractivity contribution in [2.24, 2.45) is 11.7 Å². The number of hydrogen-bond acceptors (Lipinski definition) is 3. The van der Waals surface area contributed by atoms with E-state index in [1.165, 1.54) is 31.2 Å². The molecule has 2 N–H and O–H groups in total. The topological polar surface area (TPSA) is 51.8 Å². The van der Waals surface area contributed by atoms with Crippen LogP contribution in [0.2, 0.25) is 0 Å². The maximum Gasteiger partial charge on any atom is 0.115 e. The van der Waals surface area contributed by atoms with Gasteiger partial charge in [-0.1, -0.05) is 12.8 Å². The van der Waals surface area contributed by atoms with Gasteiger partial charge in [0.15, 0.2) is 0 Å². The van der Waals surface area contributed by atoms with Crippen molar-refractivity contribution in [3.05, 3.63) is 24.3 Å². The summed E-state index contributed by atoms with van der Waals surface area (Å²) in [5, 5.41) is 0. The predicted molar refractivity (Wildman–Crippen MR) is 55.8 cm³/mol. The highest BCUT2D eigenvalue weighted by Crippen LogP contribution is 2.36. The fourth-order valence-electron chi connectivity index (χ4n) is 2.43. The summed E-state index contributed by atoms with van der Waals surface area (Å²) in [5.74, 6) is 1.23. The first-order valence-corrected chi connectivity index (χ1v) is 5.37. The predicted octanol–water partition coefficient (Wildman–Crippen LogP) is 1.71. The number of rotatable bonds is 2. The zero-order valence-electron chi connectivity index (χ0n) is 8.39. The highest BCUT2D eigenvalue weighted by atomic mass is 14.8. The molecule has 1 aliphatic rings. The minimum absolute atomic E-state index is 0.593. The summed E-state index contributed by atoms with van der Waals surface area (Å²) in [4.78, 5) is 8.15. The quantitative estimate of drug-likeness (QED) is 0.774. The molecule has 2 unspecified atom stereocenters. The lowest BCUT2D eigenvalue weighted by molar-refractivity contribution is 0.313. The Labute approximate surface area is 84.8 Å². The lowest BCUT2D eigenvalue weighted by Crippen LogP contribution is -2.25. The summed E-state index contributed by atoms with van der Waals surface area (Å²) < 4.78 is 0. The third-order valence-electron chi connectivity index (χ3n) is 3.22. The van der Waals surface area contributed by atoms with Crippen LogP contribution in [0.3, 0.4) is 0 Å². The Bertz CT molecular complexity index is 273. The van der Waals surface area contributed by atoms with Crippen LogP contribution in [0.15, 0.2) is 18.7 Å². The van der Waals surface area contributed by atoms with E-state index in [9.17, 15) is 0 Å². The molecule has 1 saturated carbocycles. The molecular formula is C11H17N3. The third kappa shape index (κ3) is 1.93. The van der Waals surface area contributed by atoms with Gasteiger partial charge in [0.25, 0.3) is 0 Å². The Morgan fingerprint density at radius 1 is 1.21 bits per heavy atom. The van der Waals surface area contributed by atoms with Crippen molar-refractivity contribution in [2.45, 2.75) is 31.6 Å². The molecule has 0 spiro atoms. The van der Waals surface area contributed by atoms with Crippen molar-refractivity contribution in [2.75, 3.05) is 6.54 Å². The second-order valence-electron chi connectivity index (χ2n) is 4.06.